The quantitative estimate of drug-likeness (QED) is 0.845. The number of carbonyl (C=O) groups is 1. The van der Waals surface area contributed by atoms with E-state index in [1.54, 1.807) is 24.3 Å². The summed E-state index contributed by atoms with van der Waals surface area (Å²) in [7, 11) is -2.02. The van der Waals surface area contributed by atoms with Crippen LogP contribution < -0.4 is 9.62 Å². The SMILES string of the molecule is C[C@@H](NC(=O)c1ccccc1N(C)S(C)(=O)=O)c1ccc(C(C)(C)C)cc1. The molecule has 5 nitrogen and oxygen atoms in total. The topological polar surface area (TPSA) is 66.5 Å². The molecule has 0 aliphatic carbocycles. The number of rotatable bonds is 5. The van der Waals surface area contributed by atoms with Gasteiger partial charge < -0.3 is 5.32 Å². The first-order valence-electron chi connectivity index (χ1n) is 8.85. The fraction of sp³-hybridized carbons (Fsp3) is 0.381. The minimum Gasteiger partial charge on any atom is -0.345 e. The third-order valence-electron chi connectivity index (χ3n) is 4.61. The summed E-state index contributed by atoms with van der Waals surface area (Å²) in [6.45, 7) is 8.38. The maximum absolute atomic E-state index is 12.8. The van der Waals surface area contributed by atoms with Crippen LogP contribution in [-0.4, -0.2) is 27.6 Å². The number of hydrogen-bond acceptors (Lipinski definition) is 3. The van der Waals surface area contributed by atoms with Crippen LogP contribution in [0.2, 0.25) is 0 Å². The number of nitrogens with one attached hydrogen (secondary N) is 1. The highest BCUT2D eigenvalue weighted by atomic mass is 32.2. The normalized spacial score (nSPS) is 13.1. The highest BCUT2D eigenvalue weighted by molar-refractivity contribution is 7.92. The van der Waals surface area contributed by atoms with Crippen LogP contribution in [-0.2, 0) is 15.4 Å². The van der Waals surface area contributed by atoms with Gasteiger partial charge in [0.2, 0.25) is 10.0 Å². The van der Waals surface area contributed by atoms with Gasteiger partial charge in [-0.15, -0.1) is 0 Å². The first kappa shape index (κ1) is 21.0. The van der Waals surface area contributed by atoms with Crippen molar-refractivity contribution in [2.24, 2.45) is 0 Å². The van der Waals surface area contributed by atoms with Crippen LogP contribution in [0.1, 0.15) is 55.2 Å². The molecule has 146 valence electrons. The van der Waals surface area contributed by atoms with Crippen LogP contribution in [0, 0.1) is 0 Å². The Hall–Kier alpha value is -2.34. The first-order valence-corrected chi connectivity index (χ1v) is 10.7. The fourth-order valence-corrected chi connectivity index (χ4v) is 3.26. The number of carbonyl (C=O) groups excluding carboxylic acids is 1. The molecule has 2 aromatic carbocycles. The number of benzene rings is 2. The summed E-state index contributed by atoms with van der Waals surface area (Å²) in [4.78, 5) is 12.8. The average Bonchev–Trinajstić information content (AvgIpc) is 2.59. The summed E-state index contributed by atoms with van der Waals surface area (Å²) >= 11 is 0. The smallest absolute Gasteiger partial charge is 0.253 e. The van der Waals surface area contributed by atoms with E-state index in [9.17, 15) is 13.2 Å². The van der Waals surface area contributed by atoms with Gasteiger partial charge in [0.05, 0.1) is 23.5 Å². The lowest BCUT2D eigenvalue weighted by molar-refractivity contribution is 0.0940. The summed E-state index contributed by atoms with van der Waals surface area (Å²) in [5.74, 6) is -0.312. The van der Waals surface area contributed by atoms with Gasteiger partial charge in [-0.05, 0) is 35.6 Å². The van der Waals surface area contributed by atoms with Gasteiger partial charge in [-0.2, -0.15) is 0 Å². The van der Waals surface area contributed by atoms with Gasteiger partial charge in [0, 0.05) is 7.05 Å². The maximum atomic E-state index is 12.8. The highest BCUT2D eigenvalue weighted by Crippen LogP contribution is 2.25. The van der Waals surface area contributed by atoms with Crippen LogP contribution >= 0.6 is 0 Å². The molecular formula is C21H28N2O3S. The Morgan fingerprint density at radius 3 is 2.11 bits per heavy atom. The summed E-state index contributed by atoms with van der Waals surface area (Å²) in [6.07, 6.45) is 1.11. The number of para-hydroxylation sites is 1. The number of nitrogens with zero attached hydrogens (tertiary/aromatic N) is 1. The number of sulfonamides is 1. The largest absolute Gasteiger partial charge is 0.345 e. The van der Waals surface area contributed by atoms with Crippen molar-refractivity contribution in [1.29, 1.82) is 0 Å². The van der Waals surface area contributed by atoms with Crippen LogP contribution in [0.5, 0.6) is 0 Å². The Morgan fingerprint density at radius 2 is 1.59 bits per heavy atom. The van der Waals surface area contributed by atoms with E-state index in [2.05, 4.69) is 38.2 Å². The Bertz CT molecular complexity index is 913. The van der Waals surface area contributed by atoms with E-state index >= 15 is 0 Å². The van der Waals surface area contributed by atoms with Gasteiger partial charge in [-0.3, -0.25) is 9.10 Å². The predicted molar refractivity (Wildman–Crippen MR) is 111 cm³/mol. The molecule has 0 saturated carbocycles. The standard InChI is InChI=1S/C21H28N2O3S/c1-15(16-11-13-17(14-12-16)21(2,3)4)22-20(24)18-9-7-8-10-19(18)23(5)27(6,25)26/h7-15H,1-6H3,(H,22,24)/t15-/m1/s1. The van der Waals surface area contributed by atoms with Gasteiger partial charge >= 0.3 is 0 Å². The molecule has 0 aliphatic rings. The molecule has 0 aliphatic heterocycles. The van der Waals surface area contributed by atoms with E-state index in [0.717, 1.165) is 16.1 Å². The molecule has 0 spiro atoms. The molecule has 6 heteroatoms. The van der Waals surface area contributed by atoms with Gasteiger partial charge in [0.1, 0.15) is 0 Å². The summed E-state index contributed by atoms with van der Waals surface area (Å²) in [5, 5.41) is 2.96. The van der Waals surface area contributed by atoms with Crippen molar-refractivity contribution in [2.75, 3.05) is 17.6 Å². The van der Waals surface area contributed by atoms with Crippen LogP contribution in [0.15, 0.2) is 48.5 Å². The summed E-state index contributed by atoms with van der Waals surface area (Å²) in [6, 6.07) is 14.6. The maximum Gasteiger partial charge on any atom is 0.253 e. The van der Waals surface area contributed by atoms with Crippen LogP contribution in [0.3, 0.4) is 0 Å². The van der Waals surface area contributed by atoms with Gasteiger partial charge in [0.25, 0.3) is 5.91 Å². The van der Waals surface area contributed by atoms with Crippen molar-refractivity contribution >= 4 is 21.6 Å². The van der Waals surface area contributed by atoms with E-state index in [1.165, 1.54) is 12.6 Å². The molecule has 0 fully saturated rings. The minimum atomic E-state index is -3.46. The zero-order valence-corrected chi connectivity index (χ0v) is 17.6. The summed E-state index contributed by atoms with van der Waals surface area (Å²) < 4.78 is 24.8. The lowest BCUT2D eigenvalue weighted by Gasteiger charge is -2.22. The molecule has 0 saturated heterocycles. The Kier molecular flexibility index (Phi) is 6.00. The van der Waals surface area contributed by atoms with E-state index < -0.39 is 10.0 Å². The summed E-state index contributed by atoms with van der Waals surface area (Å²) in [5.41, 5.74) is 2.96. The van der Waals surface area contributed by atoms with Crippen molar-refractivity contribution in [2.45, 2.75) is 39.2 Å². The van der Waals surface area contributed by atoms with Crippen molar-refractivity contribution < 1.29 is 13.2 Å². The van der Waals surface area contributed by atoms with Gasteiger partial charge in [-0.1, -0.05) is 57.2 Å². The lowest BCUT2D eigenvalue weighted by atomic mass is 9.86. The van der Waals surface area contributed by atoms with Crippen molar-refractivity contribution in [3.05, 3.63) is 65.2 Å². The average molecular weight is 389 g/mol. The molecule has 0 aromatic heterocycles. The molecule has 1 atom stereocenters. The molecule has 0 heterocycles. The van der Waals surface area contributed by atoms with Crippen molar-refractivity contribution in [1.82, 2.24) is 5.32 Å². The third-order valence-corrected chi connectivity index (χ3v) is 5.80. The molecular weight excluding hydrogens is 360 g/mol. The monoisotopic (exact) mass is 388 g/mol. The number of amides is 1. The molecule has 1 amide bonds. The third kappa shape index (κ3) is 5.10. The lowest BCUT2D eigenvalue weighted by Crippen LogP contribution is -2.31. The van der Waals surface area contributed by atoms with Crippen molar-refractivity contribution in [3.63, 3.8) is 0 Å². The van der Waals surface area contributed by atoms with E-state index in [4.69, 9.17) is 0 Å². The fourth-order valence-electron chi connectivity index (χ4n) is 2.75. The van der Waals surface area contributed by atoms with E-state index in [-0.39, 0.29) is 17.4 Å². The van der Waals surface area contributed by atoms with Crippen LogP contribution in [0.4, 0.5) is 5.69 Å². The van der Waals surface area contributed by atoms with Crippen molar-refractivity contribution in [3.8, 4) is 0 Å². The van der Waals surface area contributed by atoms with E-state index in [0.29, 0.717) is 11.3 Å². The second-order valence-corrected chi connectivity index (χ2v) is 9.83. The molecule has 27 heavy (non-hydrogen) atoms. The second-order valence-electron chi connectivity index (χ2n) is 7.81. The number of anilines is 1. The Balaban J connectivity index is 2.23. The zero-order valence-electron chi connectivity index (χ0n) is 16.8. The predicted octanol–water partition coefficient (Wildman–Crippen LogP) is 3.87. The number of hydrogen-bond donors (Lipinski definition) is 1. The molecule has 0 bridgehead atoms. The molecule has 1 N–H and O–H groups in total. The van der Waals surface area contributed by atoms with Gasteiger partial charge in [0.15, 0.2) is 0 Å². The first-order chi connectivity index (χ1) is 12.4. The zero-order chi connectivity index (χ0) is 20.4. The molecule has 2 rings (SSSR count). The molecule has 2 aromatic rings. The molecule has 0 radical (unpaired) electrons. The Labute approximate surface area is 162 Å². The minimum absolute atomic E-state index is 0.0696. The van der Waals surface area contributed by atoms with Gasteiger partial charge in [-0.25, -0.2) is 8.42 Å². The second kappa shape index (κ2) is 7.72. The Morgan fingerprint density at radius 1 is 1.04 bits per heavy atom. The highest BCUT2D eigenvalue weighted by Gasteiger charge is 2.21. The van der Waals surface area contributed by atoms with E-state index in [1.807, 2.05) is 19.1 Å². The van der Waals surface area contributed by atoms with Crippen LogP contribution in [0.25, 0.3) is 0 Å². The molecule has 0 unspecified atom stereocenters.